The second kappa shape index (κ2) is 11.7. The van der Waals surface area contributed by atoms with Gasteiger partial charge in [-0.3, -0.25) is 9.59 Å². The number of anilines is 1. The smallest absolute Gasteiger partial charge is 0.329 e. The minimum atomic E-state index is -0.898. The molecule has 3 rings (SSSR count). The van der Waals surface area contributed by atoms with Gasteiger partial charge < -0.3 is 25.4 Å². The van der Waals surface area contributed by atoms with Crippen molar-refractivity contribution in [3.63, 3.8) is 0 Å². The van der Waals surface area contributed by atoms with Crippen molar-refractivity contribution < 1.29 is 29.0 Å². The van der Waals surface area contributed by atoms with Gasteiger partial charge in [-0.25, -0.2) is 9.59 Å². The number of aliphatic carboxylic acids is 1. The predicted molar refractivity (Wildman–Crippen MR) is 134 cm³/mol. The highest BCUT2D eigenvalue weighted by Gasteiger charge is 2.43. The first-order valence-corrected chi connectivity index (χ1v) is 12.0. The van der Waals surface area contributed by atoms with Crippen molar-refractivity contribution in [2.45, 2.75) is 64.1 Å². The van der Waals surface area contributed by atoms with Gasteiger partial charge in [-0.1, -0.05) is 42.5 Å². The van der Waals surface area contributed by atoms with E-state index in [1.54, 1.807) is 45.0 Å². The Morgan fingerprint density at radius 1 is 1.03 bits per heavy atom. The number of esters is 1. The zero-order chi connectivity index (χ0) is 26.3. The van der Waals surface area contributed by atoms with E-state index < -0.39 is 29.6 Å². The first-order chi connectivity index (χ1) is 17.0. The van der Waals surface area contributed by atoms with E-state index >= 15 is 0 Å². The number of nitrogens with one attached hydrogen (secondary N) is 2. The van der Waals surface area contributed by atoms with Crippen LogP contribution in [0.3, 0.4) is 0 Å². The van der Waals surface area contributed by atoms with Crippen LogP contribution in [0.5, 0.6) is 0 Å². The zero-order valence-electron chi connectivity index (χ0n) is 20.8. The molecule has 1 aliphatic rings. The number of carboxylic acids is 1. The molecule has 2 aromatic rings. The van der Waals surface area contributed by atoms with Gasteiger partial charge >= 0.3 is 18.0 Å². The summed E-state index contributed by atoms with van der Waals surface area (Å²) in [6, 6.07) is 14.7. The van der Waals surface area contributed by atoms with Crippen LogP contribution in [0.4, 0.5) is 10.5 Å². The maximum absolute atomic E-state index is 13.3. The Morgan fingerprint density at radius 3 is 2.42 bits per heavy atom. The Morgan fingerprint density at radius 2 is 1.75 bits per heavy atom. The second-order valence-electron chi connectivity index (χ2n) is 9.76. The number of urea groups is 1. The molecule has 0 aliphatic carbocycles. The largest absolute Gasteiger partial charge is 0.481 e. The molecule has 1 heterocycles. The van der Waals surface area contributed by atoms with E-state index in [4.69, 9.17) is 9.84 Å². The van der Waals surface area contributed by atoms with Crippen LogP contribution in [-0.2, 0) is 25.5 Å². The molecule has 0 radical (unpaired) electrons. The van der Waals surface area contributed by atoms with Crippen LogP contribution in [0.15, 0.2) is 54.6 Å². The van der Waals surface area contributed by atoms with Crippen molar-refractivity contribution in [2.24, 2.45) is 0 Å². The third kappa shape index (κ3) is 7.56. The molecule has 2 unspecified atom stereocenters. The van der Waals surface area contributed by atoms with Gasteiger partial charge in [0.05, 0.1) is 12.6 Å². The maximum atomic E-state index is 13.3. The molecule has 0 spiro atoms. The molecular weight excluding hydrogens is 462 g/mol. The Kier molecular flexibility index (Phi) is 8.68. The van der Waals surface area contributed by atoms with Gasteiger partial charge in [-0.05, 0) is 63.3 Å². The summed E-state index contributed by atoms with van der Waals surface area (Å²) < 4.78 is 5.57. The molecule has 0 saturated carbocycles. The molecule has 36 heavy (non-hydrogen) atoms. The van der Waals surface area contributed by atoms with Crippen LogP contribution in [0.1, 0.15) is 57.2 Å². The molecule has 2 atom stereocenters. The number of hydrogen-bond acceptors (Lipinski definition) is 5. The molecule has 3 amide bonds. The molecule has 1 fully saturated rings. The lowest BCUT2D eigenvalue weighted by Gasteiger charge is -2.31. The van der Waals surface area contributed by atoms with E-state index in [2.05, 4.69) is 10.6 Å². The molecule has 192 valence electrons. The van der Waals surface area contributed by atoms with E-state index in [0.29, 0.717) is 24.9 Å². The van der Waals surface area contributed by atoms with Crippen LogP contribution in [-0.4, -0.2) is 52.1 Å². The van der Waals surface area contributed by atoms with Gasteiger partial charge in [0.1, 0.15) is 11.6 Å². The van der Waals surface area contributed by atoms with E-state index in [1.165, 1.54) is 4.90 Å². The zero-order valence-corrected chi connectivity index (χ0v) is 20.8. The number of ether oxygens (including phenoxy) is 1. The van der Waals surface area contributed by atoms with Crippen LogP contribution < -0.4 is 10.6 Å². The summed E-state index contributed by atoms with van der Waals surface area (Å²) >= 11 is 0. The third-order valence-corrected chi connectivity index (χ3v) is 5.75. The topological polar surface area (TPSA) is 125 Å². The fraction of sp³-hybridized carbons (Fsp3) is 0.407. The van der Waals surface area contributed by atoms with Crippen molar-refractivity contribution in [2.75, 3.05) is 11.9 Å². The van der Waals surface area contributed by atoms with E-state index in [1.807, 2.05) is 30.3 Å². The number of benzene rings is 2. The molecule has 3 N–H and O–H groups in total. The number of carboxylic acid groups (broad SMARTS) is 1. The number of likely N-dealkylation sites (tertiary alicyclic amines) is 1. The molecule has 1 saturated heterocycles. The summed E-state index contributed by atoms with van der Waals surface area (Å²) in [5.41, 5.74) is 1.49. The number of carbonyl (C=O) groups excluding carboxylic acids is 3. The van der Waals surface area contributed by atoms with E-state index in [0.717, 1.165) is 11.1 Å². The van der Waals surface area contributed by atoms with Crippen LogP contribution >= 0.6 is 0 Å². The Hall–Kier alpha value is -3.88. The number of rotatable bonds is 8. The normalized spacial score (nSPS) is 17.4. The highest BCUT2D eigenvalue weighted by molar-refractivity contribution is 5.93. The van der Waals surface area contributed by atoms with Gasteiger partial charge in [-0.2, -0.15) is 0 Å². The lowest BCUT2D eigenvalue weighted by molar-refractivity contribution is -0.164. The number of carbonyl (C=O) groups is 4. The van der Waals surface area contributed by atoms with Gasteiger partial charge in [0.25, 0.3) is 0 Å². The number of nitrogens with zero attached hydrogens (tertiary/aromatic N) is 1. The summed E-state index contributed by atoms with van der Waals surface area (Å²) in [6.45, 7) is 5.04. The summed E-state index contributed by atoms with van der Waals surface area (Å²) in [5, 5.41) is 14.1. The van der Waals surface area contributed by atoms with Gasteiger partial charge in [0.15, 0.2) is 0 Å². The number of hydrogen-bond donors (Lipinski definition) is 3. The molecule has 1 aliphatic heterocycles. The fourth-order valence-electron chi connectivity index (χ4n) is 4.24. The van der Waals surface area contributed by atoms with Gasteiger partial charge in [0.2, 0.25) is 5.91 Å². The van der Waals surface area contributed by atoms with Crippen LogP contribution in [0.25, 0.3) is 0 Å². The molecule has 0 aromatic heterocycles. The molecule has 9 heteroatoms. The summed E-state index contributed by atoms with van der Waals surface area (Å²) in [6.07, 6.45) is 1.40. The summed E-state index contributed by atoms with van der Waals surface area (Å²) in [4.78, 5) is 51.0. The quantitative estimate of drug-likeness (QED) is 0.477. The highest BCUT2D eigenvalue weighted by atomic mass is 16.6. The fourth-order valence-corrected chi connectivity index (χ4v) is 4.24. The lowest BCUT2D eigenvalue weighted by Crippen LogP contribution is -2.48. The van der Waals surface area contributed by atoms with Crippen LogP contribution in [0, 0.1) is 0 Å². The first-order valence-electron chi connectivity index (χ1n) is 12.0. The van der Waals surface area contributed by atoms with Crippen molar-refractivity contribution in [1.29, 1.82) is 0 Å². The average Bonchev–Trinajstić information content (AvgIpc) is 3.27. The molecule has 0 bridgehead atoms. The van der Waals surface area contributed by atoms with Crippen molar-refractivity contribution in [3.8, 4) is 0 Å². The van der Waals surface area contributed by atoms with Crippen molar-refractivity contribution in [1.82, 2.24) is 10.2 Å². The molecular formula is C27H33N3O6. The summed E-state index contributed by atoms with van der Waals surface area (Å²) in [7, 11) is 0. The first kappa shape index (κ1) is 26.7. The summed E-state index contributed by atoms with van der Waals surface area (Å²) in [5.74, 6) is -1.75. The van der Waals surface area contributed by atoms with E-state index in [-0.39, 0.29) is 24.9 Å². The Balaban J connectivity index is 1.67. The molecule has 2 aromatic carbocycles. The Bertz CT molecular complexity index is 1100. The number of amides is 3. The van der Waals surface area contributed by atoms with Gasteiger partial charge in [-0.15, -0.1) is 0 Å². The minimum absolute atomic E-state index is 0.0125. The lowest BCUT2D eigenvalue weighted by atomic mass is 10.0. The number of aryl methyl sites for hydroxylation is 1. The maximum Gasteiger partial charge on any atom is 0.329 e. The predicted octanol–water partition coefficient (Wildman–Crippen LogP) is 3.90. The monoisotopic (exact) mass is 495 g/mol. The minimum Gasteiger partial charge on any atom is -0.481 e. The van der Waals surface area contributed by atoms with E-state index in [9.17, 15) is 19.2 Å². The highest BCUT2D eigenvalue weighted by Crippen LogP contribution is 2.37. The second-order valence-corrected chi connectivity index (χ2v) is 9.76. The SMILES string of the molecule is CC(C)(C)OC(=O)C1CCC(c2ccccc2)N1C(=O)CNC(=O)Nc1cccc(CCC(=O)O)c1. The standard InChI is InChI=1S/C27H33N3O6/c1-27(2,3)36-25(34)22-14-13-21(19-9-5-4-6-10-19)30(22)23(31)17-28-26(35)29-20-11-7-8-18(16-20)12-15-24(32)33/h4-11,16,21-22H,12-15,17H2,1-3H3,(H,32,33)(H2,28,29,35). The van der Waals surface area contributed by atoms with Crippen molar-refractivity contribution in [3.05, 3.63) is 65.7 Å². The van der Waals surface area contributed by atoms with Crippen LogP contribution in [0.2, 0.25) is 0 Å². The van der Waals surface area contributed by atoms with Gasteiger partial charge in [0, 0.05) is 12.1 Å². The average molecular weight is 496 g/mol. The van der Waals surface area contributed by atoms with Crippen molar-refractivity contribution >= 4 is 29.6 Å². The third-order valence-electron chi connectivity index (χ3n) is 5.75. The Labute approximate surface area is 210 Å². The molecule has 9 nitrogen and oxygen atoms in total.